The summed E-state index contributed by atoms with van der Waals surface area (Å²) >= 11 is -1.08. The summed E-state index contributed by atoms with van der Waals surface area (Å²) in [5.41, 5.74) is 0. The van der Waals surface area contributed by atoms with Crippen molar-refractivity contribution in [2.45, 2.75) is 0 Å². The zero-order chi connectivity index (χ0) is 5.82. The van der Waals surface area contributed by atoms with E-state index in [0.717, 1.165) is 5.82 Å². The first-order chi connectivity index (χ1) is 3.93. The van der Waals surface area contributed by atoms with Crippen molar-refractivity contribution >= 4 is 27.3 Å². The molecule has 0 radical (unpaired) electrons. The molecule has 0 unspecified atom stereocenters. The van der Waals surface area contributed by atoms with Gasteiger partial charge >= 0.3 is 0 Å². The second-order valence-electron chi connectivity index (χ2n) is 1.26. The monoisotopic (exact) mass is 224 g/mol. The van der Waals surface area contributed by atoms with Gasteiger partial charge in [0.15, 0.2) is 0 Å². The second kappa shape index (κ2) is 2.81. The molecular weight excluding hydrogens is 219 g/mol. The van der Waals surface area contributed by atoms with Gasteiger partial charge in [0, 0.05) is 6.20 Å². The van der Waals surface area contributed by atoms with E-state index >= 15 is 0 Å². The summed E-state index contributed by atoms with van der Waals surface area (Å²) in [5.74, 6) is 0.827. The van der Waals surface area contributed by atoms with Crippen molar-refractivity contribution in [2.24, 2.45) is 0 Å². The standard InChI is InChI=1S/C4H5IN2O/c8-5-7-4-2-1-3-6-4/h1-3,6H,(H,7,8). The fourth-order valence-corrected chi connectivity index (χ4v) is 1.00. The highest BCUT2D eigenvalue weighted by molar-refractivity contribution is 14.1. The van der Waals surface area contributed by atoms with E-state index in [-0.39, 0.29) is 0 Å². The molecule has 3 nitrogen and oxygen atoms in total. The van der Waals surface area contributed by atoms with Crippen molar-refractivity contribution in [3.63, 3.8) is 0 Å². The summed E-state index contributed by atoms with van der Waals surface area (Å²) in [7, 11) is 0. The van der Waals surface area contributed by atoms with E-state index in [1.54, 1.807) is 6.20 Å². The largest absolute Gasteiger partial charge is 0.348 e. The van der Waals surface area contributed by atoms with Crippen LogP contribution in [0.2, 0.25) is 0 Å². The van der Waals surface area contributed by atoms with Gasteiger partial charge in [-0.05, 0) is 12.1 Å². The van der Waals surface area contributed by atoms with Gasteiger partial charge in [0.2, 0.25) is 0 Å². The minimum Gasteiger partial charge on any atom is -0.348 e. The fourth-order valence-electron chi connectivity index (χ4n) is 0.431. The first-order valence-corrected chi connectivity index (χ1v) is 4.05. The van der Waals surface area contributed by atoms with E-state index in [4.69, 9.17) is 0 Å². The predicted octanol–water partition coefficient (Wildman–Crippen LogP) is 1.66. The van der Waals surface area contributed by atoms with Crippen LogP contribution in [0.1, 0.15) is 0 Å². The third-order valence-electron chi connectivity index (χ3n) is 0.738. The molecule has 1 rings (SSSR count). The Kier molecular flexibility index (Phi) is 2.01. The lowest BCUT2D eigenvalue weighted by molar-refractivity contribution is 0.648. The molecule has 1 aromatic heterocycles. The molecule has 0 aliphatic heterocycles. The lowest BCUT2D eigenvalue weighted by Gasteiger charge is -1.84. The Balaban J connectivity index is 2.62. The second-order valence-corrected chi connectivity index (χ2v) is 2.24. The summed E-state index contributed by atoms with van der Waals surface area (Å²) in [6, 6.07) is 3.68. The molecule has 4 heteroatoms. The Morgan fingerprint density at radius 2 is 2.62 bits per heavy atom. The maximum atomic E-state index is 9.98. The molecule has 44 valence electrons. The van der Waals surface area contributed by atoms with Gasteiger partial charge in [-0.15, -0.1) is 0 Å². The summed E-state index contributed by atoms with van der Waals surface area (Å²) in [6.45, 7) is 0. The zero-order valence-corrected chi connectivity index (χ0v) is 6.18. The zero-order valence-electron chi connectivity index (χ0n) is 4.02. The first kappa shape index (κ1) is 5.74. The van der Waals surface area contributed by atoms with Gasteiger partial charge in [0.05, 0.1) is 0 Å². The predicted molar refractivity (Wildman–Crippen MR) is 39.1 cm³/mol. The summed E-state index contributed by atoms with van der Waals surface area (Å²) < 4.78 is 12.7. The number of H-pyrrole nitrogens is 1. The van der Waals surface area contributed by atoms with Crippen LogP contribution >= 0.6 is 21.5 Å². The Hall–Kier alpha value is -0.390. The van der Waals surface area contributed by atoms with Gasteiger partial charge in [0.1, 0.15) is 5.82 Å². The van der Waals surface area contributed by atoms with Crippen LogP contribution in [0.4, 0.5) is 5.82 Å². The summed E-state index contributed by atoms with van der Waals surface area (Å²) in [4.78, 5) is 2.85. The van der Waals surface area contributed by atoms with Crippen molar-refractivity contribution in [3.05, 3.63) is 18.3 Å². The Morgan fingerprint density at radius 3 is 3.12 bits per heavy atom. The van der Waals surface area contributed by atoms with Crippen LogP contribution in [0.3, 0.4) is 0 Å². The molecule has 0 fully saturated rings. The Morgan fingerprint density at radius 1 is 1.75 bits per heavy atom. The molecule has 8 heavy (non-hydrogen) atoms. The van der Waals surface area contributed by atoms with Crippen LogP contribution < -0.4 is 3.53 Å². The molecule has 1 heterocycles. The molecular formula is C4H5IN2O. The van der Waals surface area contributed by atoms with Gasteiger partial charge in [-0.2, -0.15) is 0 Å². The highest BCUT2D eigenvalue weighted by Crippen LogP contribution is 2.05. The molecule has 0 amide bonds. The molecule has 0 aliphatic carbocycles. The quantitative estimate of drug-likeness (QED) is 0.592. The fraction of sp³-hybridized carbons (Fsp3) is 0. The maximum Gasteiger partial charge on any atom is 0.271 e. The SMILES string of the molecule is O=INc1ccc[nH]1. The third-order valence-corrected chi connectivity index (χ3v) is 1.54. The smallest absolute Gasteiger partial charge is 0.271 e. The number of halogens is 1. The van der Waals surface area contributed by atoms with E-state index in [1.165, 1.54) is 0 Å². The molecule has 0 aliphatic rings. The van der Waals surface area contributed by atoms with Crippen molar-refractivity contribution < 1.29 is 3.07 Å². The average molecular weight is 224 g/mol. The van der Waals surface area contributed by atoms with Gasteiger partial charge in [-0.25, -0.2) is 3.07 Å². The number of rotatable bonds is 2. The number of hydrogen-bond acceptors (Lipinski definition) is 1. The highest BCUT2D eigenvalue weighted by atomic mass is 127. The molecule has 0 bridgehead atoms. The van der Waals surface area contributed by atoms with Gasteiger partial charge in [-0.3, -0.25) is 3.53 Å². The van der Waals surface area contributed by atoms with E-state index < -0.39 is 21.5 Å². The molecule has 0 aromatic carbocycles. The molecule has 0 saturated heterocycles. The van der Waals surface area contributed by atoms with Crippen LogP contribution in [0.5, 0.6) is 0 Å². The van der Waals surface area contributed by atoms with Gasteiger partial charge in [0.25, 0.3) is 21.5 Å². The molecule has 0 atom stereocenters. The normalized spacial score (nSPS) is 9.00. The van der Waals surface area contributed by atoms with Gasteiger partial charge in [-0.1, -0.05) is 0 Å². The van der Waals surface area contributed by atoms with Crippen molar-refractivity contribution in [3.8, 4) is 0 Å². The number of aromatic nitrogens is 1. The van der Waals surface area contributed by atoms with E-state index in [0.29, 0.717) is 0 Å². The summed E-state index contributed by atoms with van der Waals surface area (Å²) in [6.07, 6.45) is 1.78. The highest BCUT2D eigenvalue weighted by Gasteiger charge is 1.84. The number of anilines is 1. The molecule has 1 aromatic rings. The minimum absolute atomic E-state index is 0.827. The van der Waals surface area contributed by atoms with E-state index in [1.807, 2.05) is 12.1 Å². The van der Waals surface area contributed by atoms with Gasteiger partial charge < -0.3 is 4.98 Å². The van der Waals surface area contributed by atoms with Crippen LogP contribution in [-0.4, -0.2) is 4.98 Å². The van der Waals surface area contributed by atoms with E-state index in [2.05, 4.69) is 8.51 Å². The number of nitrogens with one attached hydrogen (secondary N) is 2. The first-order valence-electron chi connectivity index (χ1n) is 2.09. The number of hydrogen-bond donors (Lipinski definition) is 2. The Labute approximate surface area is 57.5 Å². The lowest BCUT2D eigenvalue weighted by Crippen LogP contribution is -1.75. The van der Waals surface area contributed by atoms with Crippen molar-refractivity contribution in [1.29, 1.82) is 0 Å². The topological polar surface area (TPSA) is 44.9 Å². The molecule has 0 saturated carbocycles. The van der Waals surface area contributed by atoms with E-state index in [9.17, 15) is 3.07 Å². The van der Waals surface area contributed by atoms with Crippen LogP contribution in [0, 0.1) is 0 Å². The summed E-state index contributed by atoms with van der Waals surface area (Å²) in [5, 5.41) is 0. The average Bonchev–Trinajstić information content (AvgIpc) is 2.19. The number of aromatic amines is 1. The Bertz CT molecular complexity index is 161. The van der Waals surface area contributed by atoms with Crippen LogP contribution in [0.15, 0.2) is 18.3 Å². The lowest BCUT2D eigenvalue weighted by atomic mass is 10.6. The molecule has 2 N–H and O–H groups in total. The van der Waals surface area contributed by atoms with Crippen LogP contribution in [-0.2, 0) is 3.07 Å². The minimum atomic E-state index is -1.08. The molecule has 0 spiro atoms. The van der Waals surface area contributed by atoms with Crippen molar-refractivity contribution in [2.75, 3.05) is 3.53 Å². The third kappa shape index (κ3) is 1.29. The van der Waals surface area contributed by atoms with Crippen molar-refractivity contribution in [1.82, 2.24) is 4.98 Å². The van der Waals surface area contributed by atoms with Crippen LogP contribution in [0.25, 0.3) is 0 Å². The maximum absolute atomic E-state index is 9.98.